The van der Waals surface area contributed by atoms with Gasteiger partial charge >= 0.3 is 36.1 Å². The number of carbonyl (C=O) groups is 7. The molecule has 0 amide bonds. The molecule has 0 saturated carbocycles. The van der Waals surface area contributed by atoms with Crippen molar-refractivity contribution in [2.24, 2.45) is 12.5 Å². The van der Waals surface area contributed by atoms with Gasteiger partial charge < -0.3 is 37.9 Å². The highest BCUT2D eigenvalue weighted by Crippen LogP contribution is 2.40. The Hall–Kier alpha value is -11.4. The van der Waals surface area contributed by atoms with Gasteiger partial charge in [0.1, 0.15) is 36.1 Å². The number of hydrogen-bond donors (Lipinski definition) is 0. The average molecular weight is 1600 g/mol. The highest BCUT2D eigenvalue weighted by molar-refractivity contribution is 6.26. The highest BCUT2D eigenvalue weighted by Gasteiger charge is 2.52. The average Bonchev–Trinajstić information content (AvgIpc) is 0.937. The molecule has 5 aromatic carbocycles. The third-order valence-corrected chi connectivity index (χ3v) is 18.6. The van der Waals surface area contributed by atoms with Crippen LogP contribution in [-0.4, -0.2) is 102 Å². The van der Waals surface area contributed by atoms with E-state index in [9.17, 15) is 57.3 Å². The Morgan fingerprint density at radius 1 is 0.647 bits per heavy atom. The van der Waals surface area contributed by atoms with Gasteiger partial charge in [-0.1, -0.05) is 222 Å². The molecule has 1 unspecified atom stereocenters. The van der Waals surface area contributed by atoms with Gasteiger partial charge in [0.2, 0.25) is 17.1 Å². The SMILES string of the molecule is CCCCCCCCCCCCC1=C(OC(C)=O)C(=O)c2ccccc2C1=O.CO/C=C(\C(=O)OC)c1ccccc1COc1cc(C)nc(OC(C)C)n1.COCCOC(=O)C(C#N)(C(=O)c1ccccc1C(F)(F)F)c1ccc(C(C)(C)C)cc1.Cc1nn(C)c(/C(OC(=O)C(C)(C)C)=C(\C#N)c2ccc(C(C)(C)C)cc2)c1C. The number of aromatic nitrogens is 4. The quantitative estimate of drug-likeness (QED) is 0.00591. The van der Waals surface area contributed by atoms with Crippen LogP contribution in [0.15, 0.2) is 145 Å². The van der Waals surface area contributed by atoms with Crippen LogP contribution in [0.4, 0.5) is 13.2 Å². The molecule has 0 radical (unpaired) electrons. The van der Waals surface area contributed by atoms with Gasteiger partial charge in [0, 0.05) is 60.7 Å². The number of benzene rings is 5. The zero-order valence-electron chi connectivity index (χ0n) is 70.6. The second-order valence-electron chi connectivity index (χ2n) is 31.2. The van der Waals surface area contributed by atoms with E-state index in [0.717, 1.165) is 65.5 Å². The second-order valence-corrected chi connectivity index (χ2v) is 31.2. The van der Waals surface area contributed by atoms with Crippen molar-refractivity contribution in [2.45, 2.75) is 217 Å². The van der Waals surface area contributed by atoms with Gasteiger partial charge in [0.05, 0.1) is 55.9 Å². The molecule has 0 N–H and O–H groups in total. The van der Waals surface area contributed by atoms with E-state index in [1.807, 2.05) is 97.9 Å². The van der Waals surface area contributed by atoms with E-state index in [-0.39, 0.29) is 71.4 Å². The first-order valence-electron chi connectivity index (χ1n) is 38.7. The first kappa shape index (κ1) is 95.2. The molecule has 0 aliphatic heterocycles. The number of alkyl halides is 3. The maximum atomic E-state index is 13.6. The minimum Gasteiger partial charge on any atom is -0.503 e. The number of carbonyl (C=O) groups excluding carboxylic acids is 7. The molecule has 24 heteroatoms. The Morgan fingerprint density at radius 2 is 1.18 bits per heavy atom. The van der Waals surface area contributed by atoms with Crippen molar-refractivity contribution in [3.05, 3.63) is 223 Å². The van der Waals surface area contributed by atoms with E-state index < -0.39 is 57.8 Å². The van der Waals surface area contributed by atoms with Crippen LogP contribution in [0.5, 0.6) is 11.9 Å². The van der Waals surface area contributed by atoms with Crippen LogP contribution in [0.2, 0.25) is 0 Å². The monoisotopic (exact) mass is 1600 g/mol. The summed E-state index contributed by atoms with van der Waals surface area (Å²) in [4.78, 5) is 96.8. The van der Waals surface area contributed by atoms with Crippen molar-refractivity contribution < 1.29 is 84.6 Å². The van der Waals surface area contributed by atoms with Crippen LogP contribution in [-0.2, 0) is 83.7 Å². The number of rotatable bonds is 30. The lowest BCUT2D eigenvalue weighted by Crippen LogP contribution is -2.45. The highest BCUT2D eigenvalue weighted by atomic mass is 19.4. The molecule has 0 spiro atoms. The Morgan fingerprint density at radius 3 is 1.68 bits per heavy atom. The maximum absolute atomic E-state index is 13.6. The number of aryl methyl sites for hydroxylation is 3. The lowest BCUT2D eigenvalue weighted by atomic mass is 9.73. The van der Waals surface area contributed by atoms with Gasteiger partial charge in [0.25, 0.3) is 0 Å². The molecule has 1 aliphatic rings. The second kappa shape index (κ2) is 43.9. The van der Waals surface area contributed by atoms with E-state index in [0.29, 0.717) is 57.0 Å². The number of methoxy groups -OCH3 is 3. The predicted octanol–water partition coefficient (Wildman–Crippen LogP) is 19.7. The summed E-state index contributed by atoms with van der Waals surface area (Å²) in [5.74, 6) is -4.03. The molecule has 620 valence electrons. The standard InChI is InChI=1S/C24H24F3NO4.C24H31N3O2.C24H32O4.C20H24N2O5/c1-22(2,3)16-9-11-17(12-10-16)23(15-28,21(30)32-14-13-31-4)20(29)18-7-5-6-8-19(18)24(25,26)27;1-15-16(2)26-27(9)20(15)21(29-22(28)24(6,7)8)19(14-25)17-10-12-18(13-11-17)23(3,4)5;1-3-4-5-6-7-8-9-10-11-12-17-21-22(26)19-15-13-14-16-20(19)23(27)24(21)28-18(2)25;1-13(2)27-20-21-14(3)10-18(22-20)26-11-15-8-6-7-9-16(15)17(12-24-4)19(23)25-5/h5-12H,13-14H2,1-4H3;10-13H,1-9H3;13-16H,3-12,17H2,1-2H3;6-10,12-13H,11H2,1-5H3/b;21-19-;;17-12-. The van der Waals surface area contributed by atoms with Gasteiger partial charge in [-0.2, -0.15) is 33.8 Å². The molecule has 21 nitrogen and oxygen atoms in total. The Labute approximate surface area is 680 Å². The molecular weight excluding hydrogens is 1490 g/mol. The van der Waals surface area contributed by atoms with E-state index >= 15 is 0 Å². The smallest absolute Gasteiger partial charge is 0.417 e. The number of Topliss-reactive ketones (excluding diaryl/α,β-unsaturated/α-hetero) is 3. The summed E-state index contributed by atoms with van der Waals surface area (Å²) in [6, 6.07) is 37.9. The largest absolute Gasteiger partial charge is 0.503 e. The zero-order chi connectivity index (χ0) is 86.5. The van der Waals surface area contributed by atoms with E-state index in [4.69, 9.17) is 37.9 Å². The number of nitrogens with zero attached hydrogens (tertiary/aromatic N) is 6. The summed E-state index contributed by atoms with van der Waals surface area (Å²) in [7, 11) is 5.95. The fourth-order valence-electron chi connectivity index (χ4n) is 12.1. The van der Waals surface area contributed by atoms with Crippen molar-refractivity contribution in [3.63, 3.8) is 0 Å². The lowest BCUT2D eigenvalue weighted by Gasteiger charge is -2.26. The van der Waals surface area contributed by atoms with Gasteiger partial charge in [-0.05, 0) is 119 Å². The number of ether oxygens (including phenoxy) is 8. The Bertz CT molecular complexity index is 4750. The van der Waals surface area contributed by atoms with Gasteiger partial charge in [0.15, 0.2) is 23.1 Å². The fraction of sp³-hybridized carbons (Fsp3) is 0.435. The van der Waals surface area contributed by atoms with Crippen molar-refractivity contribution in [3.8, 4) is 24.0 Å². The number of esters is 4. The van der Waals surface area contributed by atoms with E-state index in [1.165, 1.54) is 103 Å². The summed E-state index contributed by atoms with van der Waals surface area (Å²) in [5.41, 5.74) is 3.26. The summed E-state index contributed by atoms with van der Waals surface area (Å²) in [5, 5.41) is 24.5. The fourth-order valence-corrected chi connectivity index (χ4v) is 12.1. The van der Waals surface area contributed by atoms with Crippen LogP contribution >= 0.6 is 0 Å². The number of halogens is 3. The first-order valence-corrected chi connectivity index (χ1v) is 38.7. The van der Waals surface area contributed by atoms with E-state index in [2.05, 4.69) is 48.8 Å². The van der Waals surface area contributed by atoms with Gasteiger partial charge in [-0.15, -0.1) is 0 Å². The number of fused-ring (bicyclic) bond motifs is 1. The predicted molar refractivity (Wildman–Crippen MR) is 438 cm³/mol. The molecule has 7 aromatic rings. The maximum Gasteiger partial charge on any atom is 0.417 e. The Balaban J connectivity index is 0.000000276. The normalized spacial score (nSPS) is 12.9. The third kappa shape index (κ3) is 26.6. The van der Waals surface area contributed by atoms with Gasteiger partial charge in [-0.3, -0.25) is 28.7 Å². The van der Waals surface area contributed by atoms with Crippen LogP contribution in [0.3, 0.4) is 0 Å². The summed E-state index contributed by atoms with van der Waals surface area (Å²) < 4.78 is 84.5. The first-order chi connectivity index (χ1) is 54.7. The molecule has 0 fully saturated rings. The molecule has 8 rings (SSSR count). The van der Waals surface area contributed by atoms with Crippen molar-refractivity contribution >= 4 is 58.1 Å². The molecule has 2 heterocycles. The van der Waals surface area contributed by atoms with Crippen LogP contribution in [0.1, 0.15) is 253 Å². The van der Waals surface area contributed by atoms with Crippen LogP contribution in [0.25, 0.3) is 16.9 Å². The van der Waals surface area contributed by atoms with Crippen molar-refractivity contribution in [1.29, 1.82) is 10.5 Å². The lowest BCUT2D eigenvalue weighted by molar-refractivity contribution is -0.148. The minimum atomic E-state index is -4.86. The van der Waals surface area contributed by atoms with Crippen LogP contribution < -0.4 is 9.47 Å². The topological polar surface area (TPSA) is 285 Å². The number of ketones is 3. The molecule has 0 bridgehead atoms. The molecule has 0 saturated heterocycles. The molecule has 1 atom stereocenters. The van der Waals surface area contributed by atoms with Crippen molar-refractivity contribution in [1.82, 2.24) is 19.7 Å². The third-order valence-electron chi connectivity index (χ3n) is 18.6. The van der Waals surface area contributed by atoms with Gasteiger partial charge in [-0.25, -0.2) is 14.6 Å². The molecular formula is C92H111F3N6O15. The summed E-state index contributed by atoms with van der Waals surface area (Å²) in [6.45, 7) is 30.5. The summed E-state index contributed by atoms with van der Waals surface area (Å²) in [6.07, 6.45) is 8.90. The molecule has 2 aromatic heterocycles. The number of nitriles is 2. The number of hydrogen-bond acceptors (Lipinski definition) is 20. The van der Waals surface area contributed by atoms with E-state index in [1.54, 1.807) is 87.1 Å². The van der Waals surface area contributed by atoms with Crippen molar-refractivity contribution in [2.75, 3.05) is 34.5 Å². The number of unbranched alkanes of at least 4 members (excludes halogenated alkanes) is 9. The van der Waals surface area contributed by atoms with Crippen LogP contribution in [0, 0.1) is 48.8 Å². The minimum absolute atomic E-state index is 0.00627. The number of allylic oxidation sites excluding steroid dienone is 3. The Kier molecular flexibility index (Phi) is 36.1. The molecule has 116 heavy (non-hydrogen) atoms. The molecule has 1 aliphatic carbocycles. The zero-order valence-corrected chi connectivity index (χ0v) is 70.6. The summed E-state index contributed by atoms with van der Waals surface area (Å²) >= 11 is 0.